The summed E-state index contributed by atoms with van der Waals surface area (Å²) >= 11 is 0. The molecular weight excluding hydrogens is 502 g/mol. The molecular formula is C32H43N5O3. The maximum Gasteiger partial charge on any atom is 0.224 e. The number of fused-ring (bicyclic) bond motifs is 1. The van der Waals surface area contributed by atoms with E-state index in [9.17, 15) is 9.59 Å². The molecule has 8 nitrogen and oxygen atoms in total. The number of likely N-dealkylation sites (tertiary alicyclic amines) is 1. The molecule has 3 aromatic rings. The van der Waals surface area contributed by atoms with Crippen molar-refractivity contribution in [1.82, 2.24) is 25.2 Å². The average Bonchev–Trinajstić information content (AvgIpc) is 3.46. The lowest BCUT2D eigenvalue weighted by Crippen LogP contribution is -2.37. The summed E-state index contributed by atoms with van der Waals surface area (Å²) in [5.41, 5.74) is 2.71. The number of aromatic nitrogens is 3. The molecule has 2 atom stereocenters. The number of H-pyrrole nitrogens is 1. The first-order valence-electron chi connectivity index (χ1n) is 15.0. The predicted octanol–water partition coefficient (Wildman–Crippen LogP) is 5.84. The lowest BCUT2D eigenvalue weighted by atomic mass is 9.90. The van der Waals surface area contributed by atoms with Gasteiger partial charge >= 0.3 is 0 Å². The summed E-state index contributed by atoms with van der Waals surface area (Å²) in [7, 11) is 1.63. The quantitative estimate of drug-likeness (QED) is 0.262. The number of imidazole rings is 1. The lowest BCUT2D eigenvalue weighted by Gasteiger charge is -2.32. The smallest absolute Gasteiger partial charge is 0.224 e. The van der Waals surface area contributed by atoms with E-state index in [-0.39, 0.29) is 23.3 Å². The van der Waals surface area contributed by atoms with E-state index in [0.29, 0.717) is 24.5 Å². The van der Waals surface area contributed by atoms with Crippen LogP contribution in [0.5, 0.6) is 5.88 Å². The normalized spacial score (nSPS) is 19.0. The number of carbonyl (C=O) groups excluding carboxylic acids is 2. The van der Waals surface area contributed by atoms with Crippen LogP contribution in [0.3, 0.4) is 0 Å². The number of unbranched alkanes of at least 4 members (excludes halogenated alkanes) is 2. The number of ketones is 1. The molecule has 2 fully saturated rings. The summed E-state index contributed by atoms with van der Waals surface area (Å²) in [4.78, 5) is 40.6. The first-order valence-corrected chi connectivity index (χ1v) is 15.0. The molecule has 2 aliphatic rings. The van der Waals surface area contributed by atoms with Crippen LogP contribution in [-0.2, 0) is 9.59 Å². The number of pyridine rings is 1. The largest absolute Gasteiger partial charge is 0.480 e. The Hall–Kier alpha value is -3.26. The zero-order valence-electron chi connectivity index (χ0n) is 24.2. The minimum atomic E-state index is -0.212. The van der Waals surface area contributed by atoms with Crippen LogP contribution < -0.4 is 10.1 Å². The molecule has 3 heterocycles. The van der Waals surface area contributed by atoms with E-state index in [4.69, 9.17) is 9.72 Å². The fraction of sp³-hybridized carbons (Fsp3) is 0.562. The van der Waals surface area contributed by atoms with Crippen molar-refractivity contribution in [2.24, 2.45) is 11.3 Å². The second kappa shape index (κ2) is 12.5. The molecule has 2 aromatic heterocycles. The highest BCUT2D eigenvalue weighted by molar-refractivity contribution is 5.85. The number of nitrogens with one attached hydrogen (secondary N) is 2. The van der Waals surface area contributed by atoms with Gasteiger partial charge in [-0.25, -0.2) is 9.97 Å². The molecule has 1 saturated carbocycles. The Morgan fingerprint density at radius 3 is 2.73 bits per heavy atom. The third-order valence-corrected chi connectivity index (χ3v) is 9.06. The van der Waals surface area contributed by atoms with Gasteiger partial charge in [-0.1, -0.05) is 44.9 Å². The van der Waals surface area contributed by atoms with Gasteiger partial charge in [-0.3, -0.25) is 9.59 Å². The Kier molecular flexibility index (Phi) is 8.84. The Labute approximate surface area is 237 Å². The molecule has 1 amide bonds. The molecule has 40 heavy (non-hydrogen) atoms. The Morgan fingerprint density at radius 1 is 1.18 bits per heavy atom. The van der Waals surface area contributed by atoms with Gasteiger partial charge in [0, 0.05) is 24.1 Å². The summed E-state index contributed by atoms with van der Waals surface area (Å²) in [5, 5.41) is 4.39. The van der Waals surface area contributed by atoms with E-state index in [0.717, 1.165) is 92.6 Å². The second-order valence-electron chi connectivity index (χ2n) is 11.5. The van der Waals surface area contributed by atoms with Crippen molar-refractivity contribution in [2.75, 3.05) is 26.7 Å². The van der Waals surface area contributed by atoms with Crippen molar-refractivity contribution >= 4 is 22.6 Å². The number of rotatable bonds is 13. The Balaban J connectivity index is 1.31. The van der Waals surface area contributed by atoms with Crippen LogP contribution in [0.1, 0.15) is 83.5 Å². The maximum atomic E-state index is 13.5. The molecule has 8 heteroatoms. The van der Waals surface area contributed by atoms with E-state index >= 15 is 0 Å². The minimum Gasteiger partial charge on any atom is -0.480 e. The van der Waals surface area contributed by atoms with Gasteiger partial charge in [0.25, 0.3) is 0 Å². The second-order valence-corrected chi connectivity index (χ2v) is 11.5. The van der Waals surface area contributed by atoms with E-state index in [1.54, 1.807) is 7.11 Å². The Morgan fingerprint density at radius 2 is 1.98 bits per heavy atom. The van der Waals surface area contributed by atoms with E-state index in [2.05, 4.69) is 33.2 Å². The fourth-order valence-electron chi connectivity index (χ4n) is 6.26. The molecule has 1 aliphatic carbocycles. The van der Waals surface area contributed by atoms with Crippen molar-refractivity contribution in [2.45, 2.75) is 77.7 Å². The monoisotopic (exact) mass is 545 g/mol. The van der Waals surface area contributed by atoms with Gasteiger partial charge in [-0.2, -0.15) is 0 Å². The first-order chi connectivity index (χ1) is 19.5. The molecule has 0 bridgehead atoms. The van der Waals surface area contributed by atoms with Crippen LogP contribution in [0, 0.1) is 11.3 Å². The van der Waals surface area contributed by atoms with Gasteiger partial charge in [-0.05, 0) is 69.3 Å². The van der Waals surface area contributed by atoms with E-state index < -0.39 is 0 Å². The summed E-state index contributed by atoms with van der Waals surface area (Å²) in [6.45, 7) is 7.38. The van der Waals surface area contributed by atoms with Crippen LogP contribution >= 0.6 is 0 Å². The van der Waals surface area contributed by atoms with Crippen molar-refractivity contribution in [3.63, 3.8) is 0 Å². The van der Waals surface area contributed by atoms with Gasteiger partial charge in [-0.15, -0.1) is 0 Å². The van der Waals surface area contributed by atoms with Crippen LogP contribution in [0.4, 0.5) is 0 Å². The summed E-state index contributed by atoms with van der Waals surface area (Å²) in [6.07, 6.45) is 9.77. The number of hydrogen-bond acceptors (Lipinski definition) is 6. The molecule has 0 radical (unpaired) electrons. The minimum absolute atomic E-state index is 0.0930. The van der Waals surface area contributed by atoms with Crippen LogP contribution in [0.15, 0.2) is 36.5 Å². The number of benzene rings is 1. The molecule has 2 N–H and O–H groups in total. The van der Waals surface area contributed by atoms with E-state index in [1.165, 1.54) is 0 Å². The summed E-state index contributed by atoms with van der Waals surface area (Å²) < 4.78 is 5.62. The number of methoxy groups -OCH3 is 1. The highest BCUT2D eigenvalue weighted by atomic mass is 16.5. The number of ether oxygens (including phenoxy) is 1. The Bertz CT molecular complexity index is 1330. The van der Waals surface area contributed by atoms with Gasteiger partial charge < -0.3 is 19.9 Å². The highest BCUT2D eigenvalue weighted by Gasteiger charge is 2.58. The number of carbonyl (C=O) groups is 2. The van der Waals surface area contributed by atoms with Crippen molar-refractivity contribution < 1.29 is 14.3 Å². The molecule has 214 valence electrons. The molecule has 1 aromatic carbocycles. The molecule has 0 unspecified atom stereocenters. The fourth-order valence-corrected chi connectivity index (χ4v) is 6.26. The molecule has 1 aliphatic heterocycles. The van der Waals surface area contributed by atoms with Crippen molar-refractivity contribution in [3.8, 4) is 17.1 Å². The number of hydrogen-bond donors (Lipinski definition) is 2. The van der Waals surface area contributed by atoms with Crippen LogP contribution in [0.2, 0.25) is 0 Å². The summed E-state index contributed by atoms with van der Waals surface area (Å²) in [5.74, 6) is 1.84. The van der Waals surface area contributed by atoms with Crippen molar-refractivity contribution in [3.05, 3.63) is 42.4 Å². The standard InChI is InChI=1S/C32H43N5O3/c1-4-23(38)12-7-6-8-14-27(35-30(39)25-20-32(25)15-17-37(5-2)18-16-32)29-33-21-28(34-29)24-19-22-11-9-10-13-26(22)36-31(24)40-3/h9-11,13,19,21,25,27H,4-8,12,14-18,20H2,1-3H3,(H,33,34)(H,35,39)/t25-,27-/m0/s1. The van der Waals surface area contributed by atoms with Gasteiger partial charge in [0.1, 0.15) is 11.6 Å². The zero-order valence-corrected chi connectivity index (χ0v) is 24.2. The van der Waals surface area contributed by atoms with Crippen molar-refractivity contribution in [1.29, 1.82) is 0 Å². The average molecular weight is 546 g/mol. The van der Waals surface area contributed by atoms with Gasteiger partial charge in [0.15, 0.2) is 0 Å². The third kappa shape index (κ3) is 6.22. The predicted molar refractivity (Wildman–Crippen MR) is 157 cm³/mol. The van der Waals surface area contributed by atoms with Gasteiger partial charge in [0.05, 0.1) is 36.1 Å². The third-order valence-electron chi connectivity index (χ3n) is 9.06. The van der Waals surface area contributed by atoms with Crippen LogP contribution in [0.25, 0.3) is 22.2 Å². The number of Topliss-reactive ketones (excluding diaryl/α,β-unsaturated/α-hetero) is 1. The number of piperidine rings is 1. The lowest BCUT2D eigenvalue weighted by molar-refractivity contribution is -0.124. The topological polar surface area (TPSA) is 100 Å². The number of amides is 1. The molecule has 5 rings (SSSR count). The number of para-hydroxylation sites is 1. The maximum absolute atomic E-state index is 13.5. The number of nitrogens with zero attached hydrogens (tertiary/aromatic N) is 3. The first kappa shape index (κ1) is 28.3. The number of aromatic amines is 1. The summed E-state index contributed by atoms with van der Waals surface area (Å²) in [6, 6.07) is 9.81. The van der Waals surface area contributed by atoms with Gasteiger partial charge in [0.2, 0.25) is 11.8 Å². The van der Waals surface area contributed by atoms with E-state index in [1.807, 2.05) is 37.4 Å². The molecule has 1 saturated heterocycles. The molecule has 1 spiro atoms. The SMILES string of the molecule is CCC(=O)CCCCC[C@H](NC(=O)[C@@H]1CC12CCN(CC)CC2)c1ncc(-c2cc3ccccc3nc2OC)[nH]1. The van der Waals surface area contributed by atoms with Crippen LogP contribution in [-0.4, -0.2) is 58.3 Å². The zero-order chi connectivity index (χ0) is 28.1. The highest BCUT2D eigenvalue weighted by Crippen LogP contribution is 2.59.